The Morgan fingerprint density at radius 1 is 1.36 bits per heavy atom. The van der Waals surface area contributed by atoms with Crippen LogP contribution < -0.4 is 5.32 Å². The molecule has 1 N–H and O–H groups in total. The molecule has 1 fully saturated rings. The minimum Gasteiger partial charge on any atom is -0.448 e. The highest BCUT2D eigenvalue weighted by atomic mass is 35.5. The Kier molecular flexibility index (Phi) is 3.45. The lowest BCUT2D eigenvalue weighted by molar-refractivity contribution is 0.0771. The molecule has 0 radical (unpaired) electrons. The fraction of sp³-hybridized carbons (Fsp3) is 0.600. The number of furan rings is 1. The second-order valence-corrected chi connectivity index (χ2v) is 3.85. The molecule has 78 valence electrons. The number of hydrogen-bond acceptors (Lipinski definition) is 3. The fourth-order valence-electron chi connectivity index (χ4n) is 1.59. The Balaban J connectivity index is 1.76. The molecular weight excluding hydrogens is 202 g/mol. The molecule has 0 saturated carbocycles. The van der Waals surface area contributed by atoms with Crippen molar-refractivity contribution in [3.8, 4) is 0 Å². The summed E-state index contributed by atoms with van der Waals surface area (Å²) >= 11 is 5.67. The summed E-state index contributed by atoms with van der Waals surface area (Å²) in [6.45, 7) is 2.46. The van der Waals surface area contributed by atoms with Crippen molar-refractivity contribution in [3.63, 3.8) is 0 Å². The molecule has 0 unspecified atom stereocenters. The van der Waals surface area contributed by atoms with E-state index in [0.29, 0.717) is 11.3 Å². The Labute approximate surface area is 88.4 Å². The predicted octanol–water partition coefficient (Wildman–Crippen LogP) is 2.20. The van der Waals surface area contributed by atoms with Gasteiger partial charge >= 0.3 is 0 Å². The molecule has 1 aromatic heterocycles. The van der Waals surface area contributed by atoms with Gasteiger partial charge in [-0.15, -0.1) is 0 Å². The molecule has 2 rings (SSSR count). The zero-order chi connectivity index (χ0) is 9.80. The van der Waals surface area contributed by atoms with Gasteiger partial charge in [0.15, 0.2) is 5.22 Å². The molecule has 1 saturated heterocycles. The molecule has 4 heteroatoms. The molecular formula is C10H14ClNO2. The van der Waals surface area contributed by atoms with Crippen molar-refractivity contribution in [1.29, 1.82) is 0 Å². The van der Waals surface area contributed by atoms with Crippen LogP contribution >= 0.6 is 11.6 Å². The lowest BCUT2D eigenvalue weighted by Crippen LogP contribution is -2.34. The second kappa shape index (κ2) is 4.82. The highest BCUT2D eigenvalue weighted by Crippen LogP contribution is 2.14. The summed E-state index contributed by atoms with van der Waals surface area (Å²) in [7, 11) is 0. The number of ether oxygens (including phenoxy) is 1. The zero-order valence-corrected chi connectivity index (χ0v) is 8.72. The van der Waals surface area contributed by atoms with Gasteiger partial charge in [-0.2, -0.15) is 0 Å². The van der Waals surface area contributed by atoms with Gasteiger partial charge in [-0.05, 0) is 36.6 Å². The van der Waals surface area contributed by atoms with E-state index in [0.717, 1.165) is 38.4 Å². The maximum absolute atomic E-state index is 5.67. The van der Waals surface area contributed by atoms with Crippen LogP contribution in [-0.2, 0) is 11.3 Å². The highest BCUT2D eigenvalue weighted by Gasteiger charge is 2.13. The Morgan fingerprint density at radius 2 is 2.14 bits per heavy atom. The van der Waals surface area contributed by atoms with Crippen molar-refractivity contribution in [2.24, 2.45) is 0 Å². The molecule has 0 aliphatic carbocycles. The summed E-state index contributed by atoms with van der Waals surface area (Å²) in [6, 6.07) is 4.21. The summed E-state index contributed by atoms with van der Waals surface area (Å²) in [5.41, 5.74) is 0. The predicted molar refractivity (Wildman–Crippen MR) is 54.4 cm³/mol. The van der Waals surface area contributed by atoms with Crippen molar-refractivity contribution in [2.45, 2.75) is 25.4 Å². The van der Waals surface area contributed by atoms with Gasteiger partial charge in [0, 0.05) is 19.3 Å². The first kappa shape index (κ1) is 10.0. The Hall–Kier alpha value is -0.510. The van der Waals surface area contributed by atoms with E-state index in [-0.39, 0.29) is 0 Å². The molecule has 0 amide bonds. The van der Waals surface area contributed by atoms with E-state index in [9.17, 15) is 0 Å². The van der Waals surface area contributed by atoms with Gasteiger partial charge in [0.1, 0.15) is 5.76 Å². The molecule has 1 aliphatic rings. The zero-order valence-electron chi connectivity index (χ0n) is 7.96. The minimum atomic E-state index is 0.453. The van der Waals surface area contributed by atoms with E-state index < -0.39 is 0 Å². The number of nitrogens with one attached hydrogen (secondary N) is 1. The first-order valence-electron chi connectivity index (χ1n) is 4.90. The molecule has 1 aliphatic heterocycles. The van der Waals surface area contributed by atoms with Gasteiger partial charge in [-0.25, -0.2) is 0 Å². The van der Waals surface area contributed by atoms with Crippen LogP contribution in [0.4, 0.5) is 0 Å². The molecule has 14 heavy (non-hydrogen) atoms. The standard InChI is InChI=1S/C10H14ClNO2/c11-10-2-1-9(14-10)7-12-8-3-5-13-6-4-8/h1-2,8,12H,3-7H2. The van der Waals surface area contributed by atoms with Crippen LogP contribution in [0.2, 0.25) is 5.22 Å². The van der Waals surface area contributed by atoms with Gasteiger partial charge in [-0.3, -0.25) is 0 Å². The fourth-order valence-corrected chi connectivity index (χ4v) is 1.76. The van der Waals surface area contributed by atoms with Crippen molar-refractivity contribution in [1.82, 2.24) is 5.32 Å². The number of hydrogen-bond donors (Lipinski definition) is 1. The third-order valence-corrected chi connectivity index (χ3v) is 2.62. The quantitative estimate of drug-likeness (QED) is 0.840. The van der Waals surface area contributed by atoms with Gasteiger partial charge in [0.25, 0.3) is 0 Å². The normalized spacial score (nSPS) is 18.6. The molecule has 0 atom stereocenters. The van der Waals surface area contributed by atoms with Crippen LogP contribution in [0, 0.1) is 0 Å². The van der Waals surface area contributed by atoms with Gasteiger partial charge in [0.2, 0.25) is 0 Å². The van der Waals surface area contributed by atoms with Crippen LogP contribution in [0.1, 0.15) is 18.6 Å². The molecule has 0 bridgehead atoms. The van der Waals surface area contributed by atoms with Crippen LogP contribution in [0.3, 0.4) is 0 Å². The van der Waals surface area contributed by atoms with Gasteiger partial charge in [-0.1, -0.05) is 0 Å². The maximum atomic E-state index is 5.67. The largest absolute Gasteiger partial charge is 0.448 e. The average Bonchev–Trinajstić information content (AvgIpc) is 2.63. The van der Waals surface area contributed by atoms with Crippen LogP contribution in [0.15, 0.2) is 16.5 Å². The van der Waals surface area contributed by atoms with E-state index in [4.69, 9.17) is 20.8 Å². The van der Waals surface area contributed by atoms with E-state index in [1.807, 2.05) is 6.07 Å². The monoisotopic (exact) mass is 215 g/mol. The third kappa shape index (κ3) is 2.74. The molecule has 2 heterocycles. The molecule has 0 aromatic carbocycles. The minimum absolute atomic E-state index is 0.453. The number of halogens is 1. The van der Waals surface area contributed by atoms with Crippen LogP contribution in [0.5, 0.6) is 0 Å². The van der Waals surface area contributed by atoms with Crippen LogP contribution in [0.25, 0.3) is 0 Å². The Morgan fingerprint density at radius 3 is 2.79 bits per heavy atom. The van der Waals surface area contributed by atoms with E-state index in [1.54, 1.807) is 6.07 Å². The first-order chi connectivity index (χ1) is 6.84. The number of rotatable bonds is 3. The summed E-state index contributed by atoms with van der Waals surface area (Å²) < 4.78 is 10.5. The van der Waals surface area contributed by atoms with Gasteiger partial charge < -0.3 is 14.5 Å². The van der Waals surface area contributed by atoms with E-state index in [1.165, 1.54) is 0 Å². The average molecular weight is 216 g/mol. The molecule has 1 aromatic rings. The van der Waals surface area contributed by atoms with Crippen molar-refractivity contribution in [3.05, 3.63) is 23.1 Å². The topological polar surface area (TPSA) is 34.4 Å². The van der Waals surface area contributed by atoms with Crippen molar-refractivity contribution in [2.75, 3.05) is 13.2 Å². The smallest absolute Gasteiger partial charge is 0.193 e. The maximum Gasteiger partial charge on any atom is 0.193 e. The first-order valence-corrected chi connectivity index (χ1v) is 5.28. The van der Waals surface area contributed by atoms with Crippen molar-refractivity contribution >= 4 is 11.6 Å². The van der Waals surface area contributed by atoms with Crippen LogP contribution in [-0.4, -0.2) is 19.3 Å². The SMILES string of the molecule is Clc1ccc(CNC2CCOCC2)o1. The summed E-state index contributed by atoms with van der Waals surface area (Å²) in [4.78, 5) is 0. The lowest BCUT2D eigenvalue weighted by atomic mass is 10.1. The van der Waals surface area contributed by atoms with E-state index >= 15 is 0 Å². The van der Waals surface area contributed by atoms with E-state index in [2.05, 4.69) is 5.32 Å². The summed E-state index contributed by atoms with van der Waals surface area (Å²) in [5.74, 6) is 0.890. The second-order valence-electron chi connectivity index (χ2n) is 3.47. The molecule has 3 nitrogen and oxygen atoms in total. The summed E-state index contributed by atoms with van der Waals surface area (Å²) in [6.07, 6.45) is 2.16. The molecule has 0 spiro atoms. The lowest BCUT2D eigenvalue weighted by Gasteiger charge is -2.22. The van der Waals surface area contributed by atoms with Crippen molar-refractivity contribution < 1.29 is 9.15 Å². The summed E-state index contributed by atoms with van der Waals surface area (Å²) in [5, 5.41) is 3.87. The van der Waals surface area contributed by atoms with Gasteiger partial charge in [0.05, 0.1) is 6.54 Å². The Bertz CT molecular complexity index is 281. The highest BCUT2D eigenvalue weighted by molar-refractivity contribution is 6.28. The third-order valence-electron chi connectivity index (χ3n) is 2.42.